The lowest BCUT2D eigenvalue weighted by Gasteiger charge is -2.08. The van der Waals surface area contributed by atoms with Crippen LogP contribution in [0.5, 0.6) is 0 Å². The molecule has 1 aromatic carbocycles. The van der Waals surface area contributed by atoms with Crippen LogP contribution in [-0.4, -0.2) is 30.2 Å². The molecule has 0 fully saturated rings. The van der Waals surface area contributed by atoms with Gasteiger partial charge < -0.3 is 5.11 Å². The van der Waals surface area contributed by atoms with Crippen LogP contribution < -0.4 is 0 Å². The second kappa shape index (κ2) is 6.05. The molecule has 5 nitrogen and oxygen atoms in total. The maximum absolute atomic E-state index is 12.4. The van der Waals surface area contributed by atoms with E-state index >= 15 is 0 Å². The minimum Gasteiger partial charge on any atom is -0.478 e. The highest BCUT2D eigenvalue weighted by Crippen LogP contribution is 2.19. The molecule has 0 saturated carbocycles. The monoisotopic (exact) mass is 305 g/mol. The first-order valence-electron chi connectivity index (χ1n) is 6.37. The van der Waals surface area contributed by atoms with Crippen LogP contribution in [0.3, 0.4) is 0 Å². The summed E-state index contributed by atoms with van der Waals surface area (Å²) in [5.41, 5.74) is 1.20. The van der Waals surface area contributed by atoms with Gasteiger partial charge in [0.05, 0.1) is 16.2 Å². The molecule has 0 atom stereocenters. The van der Waals surface area contributed by atoms with Crippen molar-refractivity contribution in [2.45, 2.75) is 18.2 Å². The van der Waals surface area contributed by atoms with Crippen LogP contribution in [0.2, 0.25) is 0 Å². The number of nitrogens with zero attached hydrogens (tertiary/aromatic N) is 1. The van der Waals surface area contributed by atoms with Gasteiger partial charge in [-0.15, -0.1) is 0 Å². The van der Waals surface area contributed by atoms with Crippen LogP contribution in [0.15, 0.2) is 47.5 Å². The summed E-state index contributed by atoms with van der Waals surface area (Å²) in [6, 6.07) is 9.44. The normalized spacial score (nSPS) is 11.3. The maximum atomic E-state index is 12.4. The Hall–Kier alpha value is -2.21. The Kier molecular flexibility index (Phi) is 4.37. The first-order chi connectivity index (χ1) is 9.90. The van der Waals surface area contributed by atoms with Crippen LogP contribution in [0.25, 0.3) is 0 Å². The average Bonchev–Trinajstić information content (AvgIpc) is 2.46. The summed E-state index contributed by atoms with van der Waals surface area (Å²) in [4.78, 5) is 15.1. The van der Waals surface area contributed by atoms with Gasteiger partial charge in [-0.05, 0) is 36.8 Å². The van der Waals surface area contributed by atoms with Gasteiger partial charge in [0.25, 0.3) is 0 Å². The summed E-state index contributed by atoms with van der Waals surface area (Å²) >= 11 is 0. The van der Waals surface area contributed by atoms with E-state index in [1.54, 1.807) is 31.3 Å². The third-order valence-electron chi connectivity index (χ3n) is 3.12. The van der Waals surface area contributed by atoms with E-state index in [1.807, 2.05) is 0 Å². The number of rotatable bonds is 5. The Labute approximate surface area is 123 Å². The molecule has 0 aliphatic heterocycles. The molecule has 1 N–H and O–H groups in total. The molecule has 1 aromatic heterocycles. The summed E-state index contributed by atoms with van der Waals surface area (Å²) in [6.45, 7) is 1.65. The van der Waals surface area contributed by atoms with Crippen molar-refractivity contribution in [3.05, 3.63) is 59.4 Å². The SMILES string of the molecule is Cc1ccc(C(=O)O)cc1S(=O)(=O)CCc1ccccn1. The number of carboxylic acids is 1. The standard InChI is InChI=1S/C15H15NO4S/c1-11-5-6-12(15(17)18)10-14(11)21(19,20)9-7-13-4-2-3-8-16-13/h2-6,8,10H,7,9H2,1H3,(H,17,18). The van der Waals surface area contributed by atoms with Crippen LogP contribution >= 0.6 is 0 Å². The topological polar surface area (TPSA) is 84.3 Å². The van der Waals surface area contributed by atoms with Gasteiger partial charge in [0.15, 0.2) is 9.84 Å². The van der Waals surface area contributed by atoms with E-state index in [0.717, 1.165) is 0 Å². The second-order valence-electron chi connectivity index (χ2n) is 4.68. The molecule has 1 heterocycles. The molecule has 0 aliphatic rings. The van der Waals surface area contributed by atoms with Crippen molar-refractivity contribution in [3.8, 4) is 0 Å². The van der Waals surface area contributed by atoms with Crippen molar-refractivity contribution in [2.24, 2.45) is 0 Å². The molecule has 21 heavy (non-hydrogen) atoms. The van der Waals surface area contributed by atoms with E-state index in [0.29, 0.717) is 17.7 Å². The van der Waals surface area contributed by atoms with Gasteiger partial charge >= 0.3 is 5.97 Å². The molecule has 0 bridgehead atoms. The predicted octanol–water partition coefficient (Wildman–Crippen LogP) is 2.10. The predicted molar refractivity (Wildman–Crippen MR) is 78.1 cm³/mol. The van der Waals surface area contributed by atoms with Gasteiger partial charge in [0, 0.05) is 18.3 Å². The van der Waals surface area contributed by atoms with Crippen LogP contribution in [0.1, 0.15) is 21.6 Å². The van der Waals surface area contributed by atoms with Crippen LogP contribution in [0, 0.1) is 6.92 Å². The van der Waals surface area contributed by atoms with Crippen molar-refractivity contribution in [2.75, 3.05) is 5.75 Å². The molecule has 110 valence electrons. The Morgan fingerprint density at radius 2 is 2.00 bits per heavy atom. The smallest absolute Gasteiger partial charge is 0.335 e. The van der Waals surface area contributed by atoms with Gasteiger partial charge in [-0.1, -0.05) is 12.1 Å². The number of hydrogen-bond donors (Lipinski definition) is 1. The number of carbonyl (C=O) groups is 1. The first-order valence-corrected chi connectivity index (χ1v) is 8.02. The molecule has 2 rings (SSSR count). The molecule has 0 spiro atoms. The summed E-state index contributed by atoms with van der Waals surface area (Å²) in [7, 11) is -3.55. The van der Waals surface area contributed by atoms with Gasteiger partial charge in [-0.3, -0.25) is 4.98 Å². The number of benzene rings is 1. The van der Waals surface area contributed by atoms with Crippen molar-refractivity contribution in [1.82, 2.24) is 4.98 Å². The van der Waals surface area contributed by atoms with E-state index in [2.05, 4.69) is 4.98 Å². The molecular weight excluding hydrogens is 290 g/mol. The molecule has 6 heteroatoms. The number of aromatic carboxylic acids is 1. The van der Waals surface area contributed by atoms with E-state index in [-0.39, 0.29) is 16.2 Å². The van der Waals surface area contributed by atoms with Gasteiger partial charge in [-0.25, -0.2) is 13.2 Å². The fraction of sp³-hybridized carbons (Fsp3) is 0.200. The molecule has 0 aliphatic carbocycles. The van der Waals surface area contributed by atoms with Gasteiger partial charge in [-0.2, -0.15) is 0 Å². The Balaban J connectivity index is 2.27. The van der Waals surface area contributed by atoms with Crippen molar-refractivity contribution < 1.29 is 18.3 Å². The van der Waals surface area contributed by atoms with E-state index < -0.39 is 15.8 Å². The van der Waals surface area contributed by atoms with Crippen LogP contribution in [0.4, 0.5) is 0 Å². The largest absolute Gasteiger partial charge is 0.478 e. The number of carboxylic acid groups (broad SMARTS) is 1. The number of hydrogen-bond acceptors (Lipinski definition) is 4. The first kappa shape index (κ1) is 15.2. The fourth-order valence-electron chi connectivity index (χ4n) is 1.96. The van der Waals surface area contributed by atoms with E-state index in [9.17, 15) is 13.2 Å². The molecule has 0 saturated heterocycles. The zero-order valence-electron chi connectivity index (χ0n) is 11.5. The summed E-state index contributed by atoms with van der Waals surface area (Å²) < 4.78 is 24.8. The second-order valence-corrected chi connectivity index (χ2v) is 6.75. The number of sulfone groups is 1. The zero-order chi connectivity index (χ0) is 15.5. The van der Waals surface area contributed by atoms with Gasteiger partial charge in [0.1, 0.15) is 0 Å². The lowest BCUT2D eigenvalue weighted by molar-refractivity contribution is 0.0696. The lowest BCUT2D eigenvalue weighted by Crippen LogP contribution is -2.12. The minimum absolute atomic E-state index is 0.0305. The van der Waals surface area contributed by atoms with E-state index in [4.69, 9.17) is 5.11 Å². The van der Waals surface area contributed by atoms with Crippen molar-refractivity contribution in [3.63, 3.8) is 0 Å². The minimum atomic E-state index is -3.55. The molecule has 0 amide bonds. The molecular formula is C15H15NO4S. The summed E-state index contributed by atoms with van der Waals surface area (Å²) in [5, 5.41) is 8.97. The summed E-state index contributed by atoms with van der Waals surface area (Å²) in [6.07, 6.45) is 1.90. The lowest BCUT2D eigenvalue weighted by atomic mass is 10.1. The fourth-order valence-corrected chi connectivity index (χ4v) is 3.53. The number of aromatic nitrogens is 1. The third kappa shape index (κ3) is 3.66. The highest BCUT2D eigenvalue weighted by Gasteiger charge is 2.19. The molecule has 0 unspecified atom stereocenters. The Bertz CT molecular complexity index is 754. The van der Waals surface area contributed by atoms with Gasteiger partial charge in [0.2, 0.25) is 0 Å². The quantitative estimate of drug-likeness (QED) is 0.914. The Morgan fingerprint density at radius 1 is 1.24 bits per heavy atom. The zero-order valence-corrected chi connectivity index (χ0v) is 12.3. The van der Waals surface area contributed by atoms with Crippen LogP contribution in [-0.2, 0) is 16.3 Å². The van der Waals surface area contributed by atoms with Crippen molar-refractivity contribution >= 4 is 15.8 Å². The highest BCUT2D eigenvalue weighted by atomic mass is 32.2. The Morgan fingerprint density at radius 3 is 2.62 bits per heavy atom. The average molecular weight is 305 g/mol. The van der Waals surface area contributed by atoms with Crippen molar-refractivity contribution in [1.29, 1.82) is 0 Å². The number of pyridine rings is 1. The third-order valence-corrected chi connectivity index (χ3v) is 4.97. The molecule has 2 aromatic rings. The van der Waals surface area contributed by atoms with E-state index in [1.165, 1.54) is 18.2 Å². The maximum Gasteiger partial charge on any atom is 0.335 e. The highest BCUT2D eigenvalue weighted by molar-refractivity contribution is 7.91. The molecule has 0 radical (unpaired) electrons. The summed E-state index contributed by atoms with van der Waals surface area (Å²) in [5.74, 6) is -1.25. The number of aryl methyl sites for hydroxylation is 2.